The molecular formula is C32H34ClN7O3. The number of anilines is 1. The largest absolute Gasteiger partial charge is 0.379 e. The van der Waals surface area contributed by atoms with Crippen LogP contribution in [0.15, 0.2) is 88.8 Å². The van der Waals surface area contributed by atoms with Crippen molar-refractivity contribution < 1.29 is 9.53 Å². The van der Waals surface area contributed by atoms with Crippen LogP contribution in [0.5, 0.6) is 0 Å². The third-order valence-corrected chi connectivity index (χ3v) is 8.26. The van der Waals surface area contributed by atoms with E-state index in [9.17, 15) is 9.59 Å². The molecule has 1 aromatic heterocycles. The minimum Gasteiger partial charge on any atom is -0.379 e. The molecule has 2 aliphatic rings. The number of primary amides is 1. The molecule has 1 saturated heterocycles. The summed E-state index contributed by atoms with van der Waals surface area (Å²) in [6.07, 6.45) is 0. The second-order valence-corrected chi connectivity index (χ2v) is 11.4. The maximum Gasteiger partial charge on any atom is 0.348 e. The molecule has 0 aliphatic carbocycles. The Balaban J connectivity index is 1.32. The maximum absolute atomic E-state index is 13.7. The van der Waals surface area contributed by atoms with Gasteiger partial charge in [-0.1, -0.05) is 78.3 Å². The van der Waals surface area contributed by atoms with E-state index in [1.807, 2.05) is 54.6 Å². The van der Waals surface area contributed by atoms with Gasteiger partial charge in [0.25, 0.3) is 0 Å². The molecule has 0 radical (unpaired) electrons. The highest BCUT2D eigenvalue weighted by molar-refractivity contribution is 6.30. The maximum atomic E-state index is 13.7. The normalized spacial score (nSPS) is 18.0. The average Bonchev–Trinajstić information content (AvgIpc) is 3.60. The van der Waals surface area contributed by atoms with E-state index < -0.39 is 17.6 Å². The lowest BCUT2D eigenvalue weighted by Crippen LogP contribution is -2.35. The number of benzene rings is 3. The van der Waals surface area contributed by atoms with Gasteiger partial charge in [-0.05, 0) is 41.3 Å². The van der Waals surface area contributed by atoms with Crippen molar-refractivity contribution in [1.29, 1.82) is 0 Å². The Kier molecular flexibility index (Phi) is 8.42. The predicted octanol–water partition coefficient (Wildman–Crippen LogP) is 3.63. The molecule has 2 N–H and O–H groups in total. The summed E-state index contributed by atoms with van der Waals surface area (Å²) in [6, 6.07) is 24.8. The van der Waals surface area contributed by atoms with Crippen LogP contribution >= 0.6 is 11.6 Å². The summed E-state index contributed by atoms with van der Waals surface area (Å²) in [6.45, 7) is 6.47. The second-order valence-electron chi connectivity index (χ2n) is 10.9. The Morgan fingerprint density at radius 1 is 0.977 bits per heavy atom. The topological polar surface area (TPSA) is 111 Å². The third-order valence-electron chi connectivity index (χ3n) is 8.00. The van der Waals surface area contributed by atoms with Crippen LogP contribution in [0.4, 0.5) is 5.95 Å². The fraction of sp³-hybridized carbons (Fsp3) is 0.312. The lowest BCUT2D eigenvalue weighted by molar-refractivity contribution is -0.120. The van der Waals surface area contributed by atoms with Crippen molar-refractivity contribution >= 4 is 29.2 Å². The first-order valence-electron chi connectivity index (χ1n) is 14.4. The van der Waals surface area contributed by atoms with E-state index in [1.54, 1.807) is 11.9 Å². The van der Waals surface area contributed by atoms with Crippen molar-refractivity contribution in [1.82, 2.24) is 19.2 Å². The van der Waals surface area contributed by atoms with Gasteiger partial charge in [-0.2, -0.15) is 5.10 Å². The summed E-state index contributed by atoms with van der Waals surface area (Å²) >= 11 is 6.17. The molecule has 10 nitrogen and oxygen atoms in total. The van der Waals surface area contributed by atoms with Crippen molar-refractivity contribution in [3.8, 4) is 0 Å². The van der Waals surface area contributed by atoms with Gasteiger partial charge in [0.2, 0.25) is 11.9 Å². The molecule has 11 heteroatoms. The number of hydrazone groups is 1. The Morgan fingerprint density at radius 3 is 2.28 bits per heavy atom. The van der Waals surface area contributed by atoms with E-state index in [2.05, 4.69) is 29.2 Å². The second kappa shape index (κ2) is 12.5. The lowest BCUT2D eigenvalue weighted by Gasteiger charge is -2.26. The number of halogens is 1. The number of hydrogen-bond donors (Lipinski definition) is 1. The smallest absolute Gasteiger partial charge is 0.348 e. The van der Waals surface area contributed by atoms with Crippen LogP contribution in [0.1, 0.15) is 41.1 Å². The molecule has 6 rings (SSSR count). The zero-order valence-electron chi connectivity index (χ0n) is 24.0. The number of ether oxygens (including phenoxy) is 1. The fourth-order valence-electron chi connectivity index (χ4n) is 5.55. The van der Waals surface area contributed by atoms with E-state index >= 15 is 0 Å². The van der Waals surface area contributed by atoms with Gasteiger partial charge < -0.3 is 10.5 Å². The van der Waals surface area contributed by atoms with Gasteiger partial charge in [0.05, 0.1) is 32.0 Å². The summed E-state index contributed by atoms with van der Waals surface area (Å²) in [7, 11) is 0. The summed E-state index contributed by atoms with van der Waals surface area (Å²) in [4.78, 5) is 28.4. The van der Waals surface area contributed by atoms with Gasteiger partial charge >= 0.3 is 5.69 Å². The zero-order chi connectivity index (χ0) is 29.9. The molecule has 0 spiro atoms. The first-order chi connectivity index (χ1) is 20.9. The van der Waals surface area contributed by atoms with E-state index in [0.717, 1.165) is 55.3 Å². The van der Waals surface area contributed by atoms with Crippen LogP contribution in [0.2, 0.25) is 5.02 Å². The Labute approximate surface area is 254 Å². The number of amides is 1. The third kappa shape index (κ3) is 6.27. The summed E-state index contributed by atoms with van der Waals surface area (Å²) < 4.78 is 8.16. The molecule has 2 aliphatic heterocycles. The summed E-state index contributed by atoms with van der Waals surface area (Å²) in [5, 5.41) is 12.0. The molecule has 3 heterocycles. The minimum atomic E-state index is -0.919. The lowest BCUT2D eigenvalue weighted by atomic mass is 9.91. The first kappa shape index (κ1) is 28.9. The molecule has 43 heavy (non-hydrogen) atoms. The monoisotopic (exact) mass is 599 g/mol. The van der Waals surface area contributed by atoms with Crippen molar-refractivity contribution in [3.63, 3.8) is 0 Å². The van der Waals surface area contributed by atoms with Gasteiger partial charge in [-0.25, -0.2) is 19.1 Å². The standard InChI is InChI=1S/C32H34ClN7O3/c1-22(30(34)41)40-31(36-39(32(40)42)20-24-9-7-23(8-10-24)19-37-15-17-43-18-16-37)38-21-28(25-5-3-2-4-6-25)29(35-38)26-11-13-27(33)14-12-26/h2-14,22,28H,15-21H2,1H3,(H2,34,41)/t22-,28-/m0/s1. The molecule has 0 bridgehead atoms. The highest BCUT2D eigenvalue weighted by Crippen LogP contribution is 2.32. The minimum absolute atomic E-state index is 0.0982. The Hall–Kier alpha value is -4.25. The molecule has 0 unspecified atom stereocenters. The summed E-state index contributed by atoms with van der Waals surface area (Å²) in [5.74, 6) is -0.458. The fourth-order valence-corrected chi connectivity index (χ4v) is 5.67. The van der Waals surface area contributed by atoms with E-state index in [1.165, 1.54) is 14.8 Å². The summed E-state index contributed by atoms with van der Waals surface area (Å²) in [5.41, 5.74) is 10.2. The van der Waals surface area contributed by atoms with E-state index in [0.29, 0.717) is 11.6 Å². The van der Waals surface area contributed by atoms with Crippen molar-refractivity contribution in [2.24, 2.45) is 10.8 Å². The first-order valence-corrected chi connectivity index (χ1v) is 14.8. The highest BCUT2D eigenvalue weighted by atomic mass is 35.5. The molecular weight excluding hydrogens is 566 g/mol. The number of hydrogen-bond acceptors (Lipinski definition) is 7. The SMILES string of the molecule is C[C@@H](C(N)=O)n1c(N2C[C@@H](c3ccccc3)C(c3ccc(Cl)cc3)=N2)nn(Cc2ccc(CN3CCOCC3)cc2)c1=O. The number of nitrogens with two attached hydrogens (primary N) is 1. The molecule has 1 fully saturated rings. The Morgan fingerprint density at radius 2 is 1.63 bits per heavy atom. The number of aromatic nitrogens is 3. The van der Waals surface area contributed by atoms with Crippen LogP contribution in [0.3, 0.4) is 0 Å². The van der Waals surface area contributed by atoms with E-state index in [-0.39, 0.29) is 18.4 Å². The van der Waals surface area contributed by atoms with Crippen LogP contribution in [-0.4, -0.2) is 63.7 Å². The molecule has 0 saturated carbocycles. The van der Waals surface area contributed by atoms with Crippen LogP contribution in [-0.2, 0) is 22.6 Å². The molecule has 2 atom stereocenters. The number of morpholine rings is 1. The van der Waals surface area contributed by atoms with Crippen LogP contribution in [0, 0.1) is 0 Å². The number of nitrogens with zero attached hydrogens (tertiary/aromatic N) is 6. The number of carbonyl (C=O) groups excluding carboxylic acids is 1. The van der Waals surface area contributed by atoms with Crippen molar-refractivity contribution in [2.75, 3.05) is 37.9 Å². The molecule has 222 valence electrons. The molecule has 3 aromatic carbocycles. The van der Waals surface area contributed by atoms with Crippen LogP contribution < -0.4 is 16.4 Å². The van der Waals surface area contributed by atoms with Gasteiger partial charge in [0.15, 0.2) is 0 Å². The van der Waals surface area contributed by atoms with E-state index in [4.69, 9.17) is 32.3 Å². The number of rotatable bonds is 9. The molecule has 4 aromatic rings. The molecule has 1 amide bonds. The van der Waals surface area contributed by atoms with Crippen molar-refractivity contribution in [2.45, 2.75) is 32.0 Å². The highest BCUT2D eigenvalue weighted by Gasteiger charge is 2.34. The zero-order valence-corrected chi connectivity index (χ0v) is 24.7. The van der Waals surface area contributed by atoms with Gasteiger partial charge in [-0.3, -0.25) is 9.69 Å². The number of carbonyl (C=O) groups is 1. The van der Waals surface area contributed by atoms with Gasteiger partial charge in [0, 0.05) is 30.6 Å². The van der Waals surface area contributed by atoms with Crippen molar-refractivity contribution in [3.05, 3.63) is 117 Å². The van der Waals surface area contributed by atoms with Gasteiger partial charge in [0.1, 0.15) is 6.04 Å². The quantitative estimate of drug-likeness (QED) is 0.315. The predicted molar refractivity (Wildman–Crippen MR) is 167 cm³/mol. The average molecular weight is 600 g/mol. The Bertz CT molecular complexity index is 1660. The van der Waals surface area contributed by atoms with Gasteiger partial charge in [-0.15, -0.1) is 5.10 Å². The van der Waals surface area contributed by atoms with Crippen LogP contribution in [0.25, 0.3) is 0 Å².